The van der Waals surface area contributed by atoms with Crippen LogP contribution in [0.15, 0.2) is 42.6 Å². The zero-order valence-corrected chi connectivity index (χ0v) is 8.84. The molecule has 0 amide bonds. The molecular formula is C13H11NO2. The van der Waals surface area contributed by atoms with Crippen LogP contribution in [0.25, 0.3) is 11.1 Å². The van der Waals surface area contributed by atoms with E-state index < -0.39 is 5.97 Å². The van der Waals surface area contributed by atoms with Crippen molar-refractivity contribution < 1.29 is 9.90 Å². The number of pyridine rings is 1. The van der Waals surface area contributed by atoms with Crippen molar-refractivity contribution in [3.8, 4) is 11.1 Å². The third kappa shape index (κ3) is 2.08. The smallest absolute Gasteiger partial charge is 0.354 e. The molecule has 0 atom stereocenters. The van der Waals surface area contributed by atoms with E-state index in [0.717, 1.165) is 11.1 Å². The van der Waals surface area contributed by atoms with Crippen molar-refractivity contribution in [2.24, 2.45) is 0 Å². The lowest BCUT2D eigenvalue weighted by atomic mass is 10.1. The molecule has 0 aliphatic heterocycles. The Balaban J connectivity index is 2.38. The zero-order valence-electron chi connectivity index (χ0n) is 8.84. The van der Waals surface area contributed by atoms with E-state index in [1.54, 1.807) is 12.3 Å². The van der Waals surface area contributed by atoms with Crippen LogP contribution in [-0.2, 0) is 0 Å². The van der Waals surface area contributed by atoms with Gasteiger partial charge in [-0.15, -0.1) is 0 Å². The second-order valence-corrected chi connectivity index (χ2v) is 3.61. The molecular weight excluding hydrogens is 202 g/mol. The molecule has 0 aliphatic carbocycles. The Morgan fingerprint density at radius 1 is 1.19 bits per heavy atom. The number of rotatable bonds is 2. The lowest BCUT2D eigenvalue weighted by Gasteiger charge is -2.02. The Hall–Kier alpha value is -2.16. The molecule has 0 spiro atoms. The summed E-state index contributed by atoms with van der Waals surface area (Å²) in [7, 11) is 0. The zero-order chi connectivity index (χ0) is 11.5. The first kappa shape index (κ1) is 10.4. The van der Waals surface area contributed by atoms with Gasteiger partial charge in [0.25, 0.3) is 0 Å². The van der Waals surface area contributed by atoms with Gasteiger partial charge in [0.15, 0.2) is 0 Å². The van der Waals surface area contributed by atoms with Crippen molar-refractivity contribution >= 4 is 5.97 Å². The van der Waals surface area contributed by atoms with Gasteiger partial charge >= 0.3 is 5.97 Å². The van der Waals surface area contributed by atoms with Gasteiger partial charge in [-0.1, -0.05) is 35.9 Å². The molecule has 16 heavy (non-hydrogen) atoms. The van der Waals surface area contributed by atoms with Crippen LogP contribution in [0.3, 0.4) is 0 Å². The Morgan fingerprint density at radius 3 is 2.56 bits per heavy atom. The van der Waals surface area contributed by atoms with Crippen molar-refractivity contribution in [1.82, 2.24) is 4.98 Å². The summed E-state index contributed by atoms with van der Waals surface area (Å²) in [5.74, 6) is -1.00. The highest BCUT2D eigenvalue weighted by Crippen LogP contribution is 2.19. The van der Waals surface area contributed by atoms with Crippen molar-refractivity contribution in [1.29, 1.82) is 0 Å². The van der Waals surface area contributed by atoms with Crippen LogP contribution >= 0.6 is 0 Å². The summed E-state index contributed by atoms with van der Waals surface area (Å²) >= 11 is 0. The molecule has 0 saturated carbocycles. The first-order valence-corrected chi connectivity index (χ1v) is 4.93. The number of hydrogen-bond donors (Lipinski definition) is 1. The molecule has 80 valence electrons. The Morgan fingerprint density at radius 2 is 2.00 bits per heavy atom. The molecule has 1 aromatic heterocycles. The Bertz CT molecular complexity index is 518. The van der Waals surface area contributed by atoms with E-state index >= 15 is 0 Å². The van der Waals surface area contributed by atoms with Crippen LogP contribution in [-0.4, -0.2) is 16.1 Å². The molecule has 0 unspecified atom stereocenters. The third-order valence-corrected chi connectivity index (χ3v) is 2.33. The van der Waals surface area contributed by atoms with E-state index in [0.29, 0.717) is 0 Å². The van der Waals surface area contributed by atoms with Gasteiger partial charge in [0.2, 0.25) is 0 Å². The number of aryl methyl sites for hydroxylation is 1. The summed E-state index contributed by atoms with van der Waals surface area (Å²) in [5, 5.41) is 8.73. The molecule has 3 nitrogen and oxygen atoms in total. The van der Waals surface area contributed by atoms with Crippen molar-refractivity contribution in [2.75, 3.05) is 0 Å². The second kappa shape index (κ2) is 4.14. The first-order valence-electron chi connectivity index (χ1n) is 4.93. The van der Waals surface area contributed by atoms with Crippen LogP contribution in [0.5, 0.6) is 0 Å². The summed E-state index contributed by atoms with van der Waals surface area (Å²) in [4.78, 5) is 14.5. The summed E-state index contributed by atoms with van der Waals surface area (Å²) in [6, 6.07) is 11.3. The first-order chi connectivity index (χ1) is 7.66. The number of carbonyl (C=O) groups is 1. The van der Waals surface area contributed by atoms with Crippen molar-refractivity contribution in [2.45, 2.75) is 6.92 Å². The molecule has 0 fully saturated rings. The Labute approximate surface area is 93.4 Å². The minimum atomic E-state index is -1.00. The molecule has 1 aromatic carbocycles. The highest BCUT2D eigenvalue weighted by molar-refractivity contribution is 5.85. The molecule has 0 aliphatic rings. The normalized spacial score (nSPS) is 10.1. The second-order valence-electron chi connectivity index (χ2n) is 3.61. The van der Waals surface area contributed by atoms with Crippen LogP contribution in [0.2, 0.25) is 0 Å². The molecule has 1 N–H and O–H groups in total. The predicted octanol–water partition coefficient (Wildman–Crippen LogP) is 2.76. The number of aromatic nitrogens is 1. The molecule has 2 aromatic rings. The molecule has 0 bridgehead atoms. The summed E-state index contributed by atoms with van der Waals surface area (Å²) < 4.78 is 0. The number of hydrogen-bond acceptors (Lipinski definition) is 2. The molecule has 2 rings (SSSR count). The lowest BCUT2D eigenvalue weighted by molar-refractivity contribution is 0.0690. The minimum absolute atomic E-state index is 0.0661. The molecule has 3 heteroatoms. The largest absolute Gasteiger partial charge is 0.477 e. The van der Waals surface area contributed by atoms with Gasteiger partial charge in [-0.05, 0) is 18.6 Å². The number of benzene rings is 1. The highest BCUT2D eigenvalue weighted by Gasteiger charge is 2.04. The van der Waals surface area contributed by atoms with Gasteiger partial charge in [0.05, 0.1) is 0 Å². The monoisotopic (exact) mass is 213 g/mol. The van der Waals surface area contributed by atoms with E-state index in [9.17, 15) is 4.79 Å². The van der Waals surface area contributed by atoms with E-state index in [1.807, 2.05) is 31.2 Å². The lowest BCUT2D eigenvalue weighted by Crippen LogP contribution is -1.99. The number of carboxylic acid groups (broad SMARTS) is 1. The minimum Gasteiger partial charge on any atom is -0.477 e. The van der Waals surface area contributed by atoms with Crippen LogP contribution < -0.4 is 0 Å². The number of aromatic carboxylic acids is 1. The van der Waals surface area contributed by atoms with Crippen molar-refractivity contribution in [3.05, 3.63) is 53.9 Å². The van der Waals surface area contributed by atoms with Crippen molar-refractivity contribution in [3.63, 3.8) is 0 Å². The Kier molecular flexibility index (Phi) is 2.68. The van der Waals surface area contributed by atoms with Gasteiger partial charge in [-0.3, -0.25) is 0 Å². The van der Waals surface area contributed by atoms with Crippen LogP contribution in [0.1, 0.15) is 16.1 Å². The fourth-order valence-corrected chi connectivity index (χ4v) is 1.52. The van der Waals surface area contributed by atoms with Crippen LogP contribution in [0, 0.1) is 6.92 Å². The quantitative estimate of drug-likeness (QED) is 0.834. The van der Waals surface area contributed by atoms with E-state index in [1.165, 1.54) is 11.6 Å². The van der Waals surface area contributed by atoms with Crippen LogP contribution in [0.4, 0.5) is 0 Å². The predicted molar refractivity (Wildman–Crippen MR) is 61.4 cm³/mol. The maximum absolute atomic E-state index is 10.6. The topological polar surface area (TPSA) is 50.2 Å². The average Bonchev–Trinajstić information content (AvgIpc) is 2.29. The standard InChI is InChI=1S/C13H11NO2/c1-9-3-2-4-10(7-9)11-5-6-12(13(15)16)14-8-11/h2-8H,1H3,(H,15,16). The van der Waals surface area contributed by atoms with Gasteiger partial charge < -0.3 is 5.11 Å². The molecule has 0 radical (unpaired) electrons. The maximum Gasteiger partial charge on any atom is 0.354 e. The molecule has 1 heterocycles. The number of nitrogens with zero attached hydrogens (tertiary/aromatic N) is 1. The highest BCUT2D eigenvalue weighted by atomic mass is 16.4. The van der Waals surface area contributed by atoms with Gasteiger partial charge in [-0.25, -0.2) is 9.78 Å². The average molecular weight is 213 g/mol. The maximum atomic E-state index is 10.6. The van der Waals surface area contributed by atoms with Gasteiger partial charge in [0.1, 0.15) is 5.69 Å². The van der Waals surface area contributed by atoms with E-state index in [-0.39, 0.29) is 5.69 Å². The summed E-state index contributed by atoms with van der Waals surface area (Å²) in [5.41, 5.74) is 3.20. The third-order valence-electron chi connectivity index (χ3n) is 2.33. The van der Waals surface area contributed by atoms with E-state index in [4.69, 9.17) is 5.11 Å². The molecule has 0 saturated heterocycles. The van der Waals surface area contributed by atoms with Gasteiger partial charge in [0, 0.05) is 11.8 Å². The summed E-state index contributed by atoms with van der Waals surface area (Å²) in [6.45, 7) is 2.02. The summed E-state index contributed by atoms with van der Waals surface area (Å²) in [6.07, 6.45) is 1.58. The fraction of sp³-hybridized carbons (Fsp3) is 0.0769. The van der Waals surface area contributed by atoms with Gasteiger partial charge in [-0.2, -0.15) is 0 Å². The number of carboxylic acids is 1. The SMILES string of the molecule is Cc1cccc(-c2ccc(C(=O)O)nc2)c1. The fourth-order valence-electron chi connectivity index (χ4n) is 1.52. The van der Waals surface area contributed by atoms with E-state index in [2.05, 4.69) is 4.98 Å².